The molecule has 1 aliphatic rings. The van der Waals surface area contributed by atoms with Crippen LogP contribution in [0.1, 0.15) is 36.0 Å². The normalized spacial score (nSPS) is 16.0. The molecule has 0 aromatic heterocycles. The summed E-state index contributed by atoms with van der Waals surface area (Å²) in [4.78, 5) is 11.9. The molecule has 5 nitrogen and oxygen atoms in total. The van der Waals surface area contributed by atoms with Gasteiger partial charge >= 0.3 is 5.97 Å². The largest absolute Gasteiger partial charge is 0.494 e. The van der Waals surface area contributed by atoms with Crippen molar-refractivity contribution in [2.45, 2.75) is 36.7 Å². The molecule has 0 heterocycles. The van der Waals surface area contributed by atoms with Crippen molar-refractivity contribution >= 4 is 37.3 Å². The lowest BCUT2D eigenvalue weighted by Crippen LogP contribution is -2.16. The highest BCUT2D eigenvalue weighted by molar-refractivity contribution is 8.13. The van der Waals surface area contributed by atoms with E-state index in [2.05, 4.69) is 0 Å². The predicted molar refractivity (Wildman–Crippen MR) is 78.7 cm³/mol. The van der Waals surface area contributed by atoms with Gasteiger partial charge in [0.05, 0.1) is 7.11 Å². The third kappa shape index (κ3) is 3.81. The molecule has 0 unspecified atom stereocenters. The first-order valence-electron chi connectivity index (χ1n) is 6.36. The lowest BCUT2D eigenvalue weighted by Gasteiger charge is -2.15. The molecule has 0 amide bonds. The van der Waals surface area contributed by atoms with Crippen molar-refractivity contribution in [1.82, 2.24) is 0 Å². The van der Waals surface area contributed by atoms with E-state index in [9.17, 15) is 13.2 Å². The number of benzene rings is 1. The van der Waals surface area contributed by atoms with Gasteiger partial charge < -0.3 is 9.47 Å². The first-order chi connectivity index (χ1) is 9.82. The zero-order chi connectivity index (χ0) is 15.6. The maximum atomic E-state index is 12.2. The quantitative estimate of drug-likeness (QED) is 0.613. The average molecular weight is 353 g/mol. The minimum absolute atomic E-state index is 0.0453. The summed E-state index contributed by atoms with van der Waals surface area (Å²) in [6.45, 7) is 0. The topological polar surface area (TPSA) is 69.7 Å². The van der Waals surface area contributed by atoms with Crippen LogP contribution in [0.15, 0.2) is 17.0 Å². The van der Waals surface area contributed by atoms with Gasteiger partial charge in [-0.3, -0.25) is 0 Å². The molecule has 1 aromatic rings. The number of carbonyl (C=O) groups excluding carboxylic acids is 1. The van der Waals surface area contributed by atoms with E-state index in [0.29, 0.717) is 0 Å². The summed E-state index contributed by atoms with van der Waals surface area (Å²) in [7, 11) is 2.50. The molecular weight excluding hydrogens is 339 g/mol. The molecule has 0 N–H and O–H groups in total. The molecule has 21 heavy (non-hydrogen) atoms. The Morgan fingerprint density at radius 1 is 1.29 bits per heavy atom. The van der Waals surface area contributed by atoms with Crippen LogP contribution in [0.4, 0.5) is 0 Å². The number of ether oxygens (including phenoxy) is 2. The summed E-state index contributed by atoms with van der Waals surface area (Å²) in [6, 6.07) is 2.44. The summed E-state index contributed by atoms with van der Waals surface area (Å²) >= 11 is 5.86. The van der Waals surface area contributed by atoms with Crippen molar-refractivity contribution < 1.29 is 22.7 Å². The number of rotatable bonds is 4. The molecule has 1 saturated carbocycles. The van der Waals surface area contributed by atoms with E-state index in [0.717, 1.165) is 31.7 Å². The molecule has 0 bridgehead atoms. The minimum atomic E-state index is -4.10. The predicted octanol–water partition coefficient (Wildman–Crippen LogP) is 3.38. The highest BCUT2D eigenvalue weighted by atomic mass is 35.7. The molecule has 1 aromatic carbocycles. The second-order valence-corrected chi connectivity index (χ2v) is 7.71. The van der Waals surface area contributed by atoms with E-state index in [4.69, 9.17) is 31.8 Å². The zero-order valence-electron chi connectivity index (χ0n) is 11.3. The summed E-state index contributed by atoms with van der Waals surface area (Å²) in [6.07, 6.45) is 3.46. The van der Waals surface area contributed by atoms with Crippen LogP contribution in [0, 0.1) is 0 Å². The Kier molecular flexibility index (Phi) is 5.01. The Balaban J connectivity index is 2.42. The number of hydrogen-bond donors (Lipinski definition) is 0. The molecule has 2 rings (SSSR count). The summed E-state index contributed by atoms with van der Waals surface area (Å²) in [5.41, 5.74) is -0.0453. The van der Waals surface area contributed by atoms with E-state index in [1.165, 1.54) is 13.2 Å². The molecule has 1 fully saturated rings. The summed E-state index contributed by atoms with van der Waals surface area (Å²) in [5.74, 6) is -0.819. The highest BCUT2D eigenvalue weighted by Gasteiger charge is 2.27. The first-order valence-corrected chi connectivity index (χ1v) is 9.05. The SMILES string of the molecule is COc1c(C(=O)OC2CCCC2)cc(Cl)cc1S(=O)(=O)Cl. The second kappa shape index (κ2) is 6.42. The molecule has 0 aliphatic heterocycles. The van der Waals surface area contributed by atoms with Crippen molar-refractivity contribution in [3.05, 3.63) is 22.7 Å². The maximum Gasteiger partial charge on any atom is 0.342 e. The van der Waals surface area contributed by atoms with Crippen LogP contribution in [0.3, 0.4) is 0 Å². The molecule has 1 aliphatic carbocycles. The van der Waals surface area contributed by atoms with Gasteiger partial charge in [-0.1, -0.05) is 11.6 Å². The summed E-state index contributed by atoms with van der Waals surface area (Å²) in [5, 5.41) is 0.0633. The third-order valence-corrected chi connectivity index (χ3v) is 4.83. The highest BCUT2D eigenvalue weighted by Crippen LogP contribution is 2.35. The van der Waals surface area contributed by atoms with Gasteiger partial charge in [-0.15, -0.1) is 0 Å². The molecule has 0 saturated heterocycles. The van der Waals surface area contributed by atoms with Crippen molar-refractivity contribution in [2.75, 3.05) is 7.11 Å². The van der Waals surface area contributed by atoms with Crippen LogP contribution < -0.4 is 4.74 Å². The van der Waals surface area contributed by atoms with Crippen molar-refractivity contribution in [3.63, 3.8) is 0 Å². The van der Waals surface area contributed by atoms with Crippen LogP contribution in [0.2, 0.25) is 5.02 Å². The van der Waals surface area contributed by atoms with Crippen LogP contribution in [0.25, 0.3) is 0 Å². The maximum absolute atomic E-state index is 12.2. The Bertz CT molecular complexity index is 651. The van der Waals surface area contributed by atoms with Gasteiger partial charge in [-0.2, -0.15) is 0 Å². The van der Waals surface area contributed by atoms with E-state index >= 15 is 0 Å². The zero-order valence-corrected chi connectivity index (χ0v) is 13.6. The van der Waals surface area contributed by atoms with Gasteiger partial charge in [-0.25, -0.2) is 13.2 Å². The van der Waals surface area contributed by atoms with E-state index in [-0.39, 0.29) is 27.3 Å². The van der Waals surface area contributed by atoms with Crippen LogP contribution in [-0.2, 0) is 13.8 Å². The van der Waals surface area contributed by atoms with Crippen LogP contribution in [-0.4, -0.2) is 27.6 Å². The number of hydrogen-bond acceptors (Lipinski definition) is 5. The fraction of sp³-hybridized carbons (Fsp3) is 0.462. The fourth-order valence-corrected chi connectivity index (χ4v) is 3.64. The average Bonchev–Trinajstić information content (AvgIpc) is 2.89. The van der Waals surface area contributed by atoms with Gasteiger partial charge in [0.25, 0.3) is 9.05 Å². The molecule has 0 spiro atoms. The Labute approximate surface area is 132 Å². The molecule has 116 valence electrons. The Morgan fingerprint density at radius 2 is 1.90 bits per heavy atom. The van der Waals surface area contributed by atoms with Gasteiger partial charge in [0.15, 0.2) is 5.75 Å². The van der Waals surface area contributed by atoms with Crippen LogP contribution in [0.5, 0.6) is 5.75 Å². The second-order valence-electron chi connectivity index (χ2n) is 4.73. The van der Waals surface area contributed by atoms with E-state index in [1.807, 2.05) is 0 Å². The van der Waals surface area contributed by atoms with Gasteiger partial charge in [0, 0.05) is 15.7 Å². The smallest absolute Gasteiger partial charge is 0.342 e. The van der Waals surface area contributed by atoms with Gasteiger partial charge in [0.1, 0.15) is 16.6 Å². The minimum Gasteiger partial charge on any atom is -0.494 e. The standard InChI is InChI=1S/C13H14Cl2O5S/c1-19-12-10(13(16)20-9-4-2-3-5-9)6-8(14)7-11(12)21(15,17)18/h6-7,9H,2-5H2,1H3. The molecular formula is C13H14Cl2O5S. The molecule has 8 heteroatoms. The van der Waals surface area contributed by atoms with Crippen molar-refractivity contribution in [3.8, 4) is 5.75 Å². The molecule has 0 radical (unpaired) electrons. The van der Waals surface area contributed by atoms with Crippen LogP contribution >= 0.6 is 22.3 Å². The van der Waals surface area contributed by atoms with Gasteiger partial charge in [-0.05, 0) is 37.8 Å². The monoisotopic (exact) mass is 352 g/mol. The number of halogens is 2. The summed E-state index contributed by atoms with van der Waals surface area (Å²) < 4.78 is 33.5. The lowest BCUT2D eigenvalue weighted by molar-refractivity contribution is 0.0314. The van der Waals surface area contributed by atoms with E-state index in [1.54, 1.807) is 0 Å². The van der Waals surface area contributed by atoms with Gasteiger partial charge in [0.2, 0.25) is 0 Å². The Hall–Kier alpha value is -0.980. The van der Waals surface area contributed by atoms with E-state index < -0.39 is 15.0 Å². The van der Waals surface area contributed by atoms with Crippen molar-refractivity contribution in [2.24, 2.45) is 0 Å². The lowest BCUT2D eigenvalue weighted by atomic mass is 10.2. The number of carbonyl (C=O) groups is 1. The third-order valence-electron chi connectivity index (χ3n) is 3.28. The first kappa shape index (κ1) is 16.4. The number of methoxy groups -OCH3 is 1. The fourth-order valence-electron chi connectivity index (χ4n) is 2.33. The Morgan fingerprint density at radius 3 is 2.43 bits per heavy atom. The molecule has 0 atom stereocenters. The number of esters is 1. The van der Waals surface area contributed by atoms with Crippen molar-refractivity contribution in [1.29, 1.82) is 0 Å².